The first kappa shape index (κ1) is 39.3. The number of carbonyl (C=O) groups excluding carboxylic acids is 3. The lowest BCUT2D eigenvalue weighted by molar-refractivity contribution is -0.260. The van der Waals surface area contributed by atoms with Gasteiger partial charge >= 0.3 is 17.9 Å². The minimum atomic E-state index is -1.53. The van der Waals surface area contributed by atoms with E-state index < -0.39 is 75.7 Å². The van der Waals surface area contributed by atoms with Crippen LogP contribution in [-0.2, 0) is 28.6 Å². The molecule has 2 heterocycles. The van der Waals surface area contributed by atoms with Crippen LogP contribution in [0.4, 0.5) is 0 Å². The molecular formula is C33H63N3O9+2. The van der Waals surface area contributed by atoms with Crippen molar-refractivity contribution < 1.29 is 44.2 Å². The summed E-state index contributed by atoms with van der Waals surface area (Å²) in [5.41, 5.74) is -3.49. The molecular weight excluding hydrogens is 582 g/mol. The summed E-state index contributed by atoms with van der Waals surface area (Å²) >= 11 is 0. The van der Waals surface area contributed by atoms with Crippen molar-refractivity contribution in [2.45, 2.75) is 180 Å². The summed E-state index contributed by atoms with van der Waals surface area (Å²) in [5, 5.41) is 32.1. The van der Waals surface area contributed by atoms with Gasteiger partial charge in [-0.25, -0.2) is 0 Å². The highest BCUT2D eigenvalue weighted by Gasteiger charge is 2.51. The molecule has 2 aliphatic heterocycles. The number of hydrogen-bond donors (Lipinski definition) is 1. The third kappa shape index (κ3) is 9.60. The average molecular weight is 646 g/mol. The van der Waals surface area contributed by atoms with Crippen molar-refractivity contribution in [1.29, 1.82) is 0 Å². The van der Waals surface area contributed by atoms with Gasteiger partial charge in [0.1, 0.15) is 12.2 Å². The summed E-state index contributed by atoms with van der Waals surface area (Å²) in [6.07, 6.45) is 1.01. The summed E-state index contributed by atoms with van der Waals surface area (Å²) in [6.45, 7) is 24.8. The van der Waals surface area contributed by atoms with E-state index in [2.05, 4.69) is 0 Å². The van der Waals surface area contributed by atoms with Gasteiger partial charge in [-0.1, -0.05) is 17.1 Å². The van der Waals surface area contributed by atoms with Crippen molar-refractivity contribution in [1.82, 2.24) is 15.2 Å². The zero-order valence-corrected chi connectivity index (χ0v) is 30.1. The molecule has 0 bridgehead atoms. The van der Waals surface area contributed by atoms with Crippen molar-refractivity contribution >= 4 is 17.9 Å². The number of esters is 3. The van der Waals surface area contributed by atoms with Gasteiger partial charge in [0.25, 0.3) is 0 Å². The molecule has 0 aromatic carbocycles. The standard InChI is InChI=1S/C33H61N3O9/c1-14-28(2,3)34(40)29(4,5)15-16-43-26(38)24(27(39)45-23-20-32(10,11)36(42)33(12,13)21-23)17-25(37)44-22-18-30(6,7)35(41)31(8,9)19-22/h22-24,40-42H,14-21H2,1-13H3/p+2. The van der Waals surface area contributed by atoms with Crippen molar-refractivity contribution in [2.75, 3.05) is 6.61 Å². The Morgan fingerprint density at radius 1 is 0.822 bits per heavy atom. The van der Waals surface area contributed by atoms with Crippen LogP contribution < -0.4 is 0 Å². The fourth-order valence-corrected chi connectivity index (χ4v) is 7.04. The lowest BCUT2D eigenvalue weighted by atomic mass is 9.80. The highest BCUT2D eigenvalue weighted by atomic mass is 16.6. The van der Waals surface area contributed by atoms with E-state index in [-0.39, 0.29) is 6.61 Å². The Labute approximate surface area is 270 Å². The third-order valence-corrected chi connectivity index (χ3v) is 9.82. The largest absolute Gasteiger partial charge is 0.465 e. The van der Waals surface area contributed by atoms with Crippen LogP contribution in [0.1, 0.15) is 135 Å². The van der Waals surface area contributed by atoms with Crippen LogP contribution in [0, 0.1) is 5.92 Å². The molecule has 1 unspecified atom stereocenters. The minimum Gasteiger partial charge on any atom is -0.465 e. The zero-order chi connectivity index (χ0) is 35.0. The fourth-order valence-electron chi connectivity index (χ4n) is 7.04. The molecule has 2 saturated heterocycles. The number of hydroxylamine groups is 6. The fraction of sp³-hybridized carbons (Fsp3) is 0.909. The Balaban J connectivity index is 2.21. The van der Waals surface area contributed by atoms with Crippen LogP contribution in [0.15, 0.2) is 0 Å². The first-order valence-electron chi connectivity index (χ1n) is 16.3. The summed E-state index contributed by atoms with van der Waals surface area (Å²) in [6, 6.07) is 0. The maximum Gasteiger partial charge on any atom is 0.321 e. The van der Waals surface area contributed by atoms with E-state index in [1.165, 1.54) is 15.2 Å². The molecule has 0 aliphatic carbocycles. The number of piperidine rings is 2. The first-order valence-corrected chi connectivity index (χ1v) is 16.3. The van der Waals surface area contributed by atoms with Crippen LogP contribution in [0.5, 0.6) is 0 Å². The zero-order valence-electron chi connectivity index (χ0n) is 30.1. The maximum absolute atomic E-state index is 13.6. The molecule has 12 nitrogen and oxygen atoms in total. The van der Waals surface area contributed by atoms with Crippen LogP contribution in [0.2, 0.25) is 0 Å². The van der Waals surface area contributed by atoms with Crippen molar-refractivity contribution in [3.8, 4) is 0 Å². The van der Waals surface area contributed by atoms with E-state index in [1.807, 2.05) is 90.0 Å². The normalized spacial score (nSPS) is 23.4. The lowest BCUT2D eigenvalue weighted by Gasteiger charge is -2.51. The molecule has 0 amide bonds. The summed E-state index contributed by atoms with van der Waals surface area (Å²) in [5.74, 6) is -3.98. The van der Waals surface area contributed by atoms with Crippen LogP contribution in [-0.4, -0.2) is 101 Å². The van der Waals surface area contributed by atoms with Crippen molar-refractivity contribution in [2.24, 2.45) is 5.92 Å². The Bertz CT molecular complexity index is 1030. The second-order valence-electron chi connectivity index (χ2n) is 16.9. The molecule has 0 aromatic heterocycles. The molecule has 1 atom stereocenters. The maximum atomic E-state index is 13.6. The topological polar surface area (TPSA) is 155 Å². The highest BCUT2D eigenvalue weighted by molar-refractivity contribution is 5.98. The number of rotatable bonds is 12. The van der Waals surface area contributed by atoms with E-state index in [0.717, 1.165) is 6.42 Å². The smallest absolute Gasteiger partial charge is 0.321 e. The van der Waals surface area contributed by atoms with Gasteiger partial charge in [-0.15, -0.1) is 0 Å². The molecule has 45 heavy (non-hydrogen) atoms. The predicted molar refractivity (Wildman–Crippen MR) is 171 cm³/mol. The monoisotopic (exact) mass is 645 g/mol. The van der Waals surface area contributed by atoms with E-state index in [1.54, 1.807) is 0 Å². The number of nitrogens with zero attached hydrogens (tertiary/aromatic N) is 3. The molecule has 2 aliphatic rings. The van der Waals surface area contributed by atoms with Gasteiger partial charge in [0.05, 0.1) is 35.2 Å². The molecule has 0 aromatic rings. The van der Waals surface area contributed by atoms with E-state index in [4.69, 9.17) is 24.6 Å². The lowest BCUT2D eigenvalue weighted by Crippen LogP contribution is -2.61. The summed E-state index contributed by atoms with van der Waals surface area (Å²) < 4.78 is 17.3. The minimum absolute atomic E-state index is 0.0485. The van der Waals surface area contributed by atoms with Gasteiger partial charge in [0, 0.05) is 43.2 Å². The second kappa shape index (κ2) is 13.7. The molecule has 0 saturated carbocycles. The molecule has 5 N–H and O–H groups in total. The molecule has 2 rings (SSSR count). The van der Waals surface area contributed by atoms with Crippen LogP contribution in [0.25, 0.3) is 0 Å². The van der Waals surface area contributed by atoms with Gasteiger partial charge < -0.3 is 29.8 Å². The van der Waals surface area contributed by atoms with E-state index in [0.29, 0.717) is 32.1 Å². The Kier molecular flexibility index (Phi) is 12.0. The summed E-state index contributed by atoms with van der Waals surface area (Å²) in [7, 11) is 0. The van der Waals surface area contributed by atoms with E-state index >= 15 is 0 Å². The highest BCUT2D eigenvalue weighted by Crippen LogP contribution is 2.40. The quantitative estimate of drug-likeness (QED) is 0.108. The molecule has 0 spiro atoms. The first-order chi connectivity index (χ1) is 20.2. The van der Waals surface area contributed by atoms with Gasteiger partial charge in [0.2, 0.25) is 0 Å². The SMILES string of the molecule is CCC(C)(C)N([OH2+])C(C)(C)CCOC(=O)C(CC(=O)OC1CC(C)(C)N([OH2+])C(C)(C)C1)C(=O)OC1CC(C)(C)N(O)C(C)(C)C1. The molecule has 262 valence electrons. The van der Waals surface area contributed by atoms with Gasteiger partial charge in [-0.2, -0.15) is 5.06 Å². The van der Waals surface area contributed by atoms with Crippen LogP contribution in [0.3, 0.4) is 0 Å². The van der Waals surface area contributed by atoms with Gasteiger partial charge in [-0.05, 0) is 89.5 Å². The molecule has 2 fully saturated rings. The van der Waals surface area contributed by atoms with Gasteiger partial charge in [0.15, 0.2) is 5.92 Å². The Morgan fingerprint density at radius 2 is 1.27 bits per heavy atom. The number of ether oxygens (including phenoxy) is 3. The Morgan fingerprint density at radius 3 is 1.73 bits per heavy atom. The third-order valence-electron chi connectivity index (χ3n) is 9.82. The van der Waals surface area contributed by atoms with E-state index in [9.17, 15) is 19.6 Å². The average Bonchev–Trinajstić information content (AvgIpc) is 2.87. The number of hydrogen-bond acceptors (Lipinski definition) is 10. The molecule has 0 radical (unpaired) electrons. The summed E-state index contributed by atoms with van der Waals surface area (Å²) in [4.78, 5) is 40.3. The number of carbonyl (C=O) groups is 3. The second-order valence-corrected chi connectivity index (χ2v) is 16.9. The molecule has 12 heteroatoms. The van der Waals surface area contributed by atoms with Gasteiger partial charge in [-0.3, -0.25) is 14.4 Å². The van der Waals surface area contributed by atoms with Crippen molar-refractivity contribution in [3.05, 3.63) is 0 Å². The Hall–Kier alpha value is -1.83. The van der Waals surface area contributed by atoms with Crippen molar-refractivity contribution in [3.63, 3.8) is 0 Å². The predicted octanol–water partition coefficient (Wildman–Crippen LogP) is 3.99. The van der Waals surface area contributed by atoms with Crippen LogP contribution >= 0.6 is 0 Å².